The number of amides is 1. The van der Waals surface area contributed by atoms with E-state index in [4.69, 9.17) is 0 Å². The molecule has 1 aromatic rings. The molecular formula is C10H14N4O. The molecule has 2 rings (SSSR count). The first-order valence-electron chi connectivity index (χ1n) is 5.14. The summed E-state index contributed by atoms with van der Waals surface area (Å²) in [7, 11) is 0. The number of hydrogen-bond donors (Lipinski definition) is 1. The highest BCUT2D eigenvalue weighted by atomic mass is 16.2. The Bertz CT molecular complexity index is 321. The molecule has 0 aromatic carbocycles. The van der Waals surface area contributed by atoms with E-state index in [1.165, 1.54) is 6.33 Å². The van der Waals surface area contributed by atoms with Crippen LogP contribution in [0, 0.1) is 0 Å². The zero-order valence-electron chi connectivity index (χ0n) is 8.52. The number of anilines is 1. The molecular weight excluding hydrogens is 192 g/mol. The van der Waals surface area contributed by atoms with Crippen LogP contribution in [0.1, 0.15) is 12.8 Å². The van der Waals surface area contributed by atoms with Gasteiger partial charge in [0.25, 0.3) is 0 Å². The topological polar surface area (TPSA) is 58.1 Å². The van der Waals surface area contributed by atoms with Crippen LogP contribution in [0.15, 0.2) is 18.6 Å². The van der Waals surface area contributed by atoms with Gasteiger partial charge in [-0.3, -0.25) is 4.79 Å². The first kappa shape index (κ1) is 9.89. The maximum absolute atomic E-state index is 11.6. The number of nitrogens with zero attached hydrogens (tertiary/aromatic N) is 3. The van der Waals surface area contributed by atoms with Crippen molar-refractivity contribution < 1.29 is 4.79 Å². The summed E-state index contributed by atoms with van der Waals surface area (Å²) in [6, 6.07) is 1.75. The molecule has 1 aromatic heterocycles. The van der Waals surface area contributed by atoms with Crippen LogP contribution < -0.4 is 5.32 Å². The van der Waals surface area contributed by atoms with Crippen molar-refractivity contribution in [1.29, 1.82) is 0 Å². The zero-order chi connectivity index (χ0) is 10.5. The zero-order valence-corrected chi connectivity index (χ0v) is 8.52. The van der Waals surface area contributed by atoms with E-state index in [1.54, 1.807) is 12.3 Å². The minimum Gasteiger partial charge on any atom is -0.361 e. The summed E-state index contributed by atoms with van der Waals surface area (Å²) >= 11 is 0. The van der Waals surface area contributed by atoms with Gasteiger partial charge in [-0.1, -0.05) is 0 Å². The average Bonchev–Trinajstić information content (AvgIpc) is 2.81. The summed E-state index contributed by atoms with van der Waals surface area (Å²) in [6.07, 6.45) is 5.36. The van der Waals surface area contributed by atoms with E-state index in [1.807, 2.05) is 4.90 Å². The molecule has 0 radical (unpaired) electrons. The normalized spacial score (nSPS) is 15.3. The van der Waals surface area contributed by atoms with Crippen molar-refractivity contribution in [1.82, 2.24) is 14.9 Å². The Morgan fingerprint density at radius 1 is 1.47 bits per heavy atom. The lowest BCUT2D eigenvalue weighted by Crippen LogP contribution is -2.33. The largest absolute Gasteiger partial charge is 0.361 e. The lowest BCUT2D eigenvalue weighted by Gasteiger charge is -2.15. The molecule has 2 heterocycles. The second kappa shape index (κ2) is 4.72. The second-order valence-electron chi connectivity index (χ2n) is 3.54. The summed E-state index contributed by atoms with van der Waals surface area (Å²) in [4.78, 5) is 21.3. The number of likely N-dealkylation sites (tertiary alicyclic amines) is 1. The van der Waals surface area contributed by atoms with Crippen LogP contribution in [-0.2, 0) is 4.79 Å². The third-order valence-corrected chi connectivity index (χ3v) is 2.46. The molecule has 5 nitrogen and oxygen atoms in total. The lowest BCUT2D eigenvalue weighted by atomic mass is 10.4. The van der Waals surface area contributed by atoms with Crippen LogP contribution in [0.4, 0.5) is 5.82 Å². The standard InChI is InChI=1S/C10H14N4O/c15-10(14-5-1-2-6-14)7-12-9-3-4-11-8-13-9/h3-4,8H,1-2,5-7H2,(H,11,12,13). The number of hydrogen-bond acceptors (Lipinski definition) is 4. The number of carbonyl (C=O) groups is 1. The van der Waals surface area contributed by atoms with E-state index < -0.39 is 0 Å². The molecule has 1 aliphatic rings. The van der Waals surface area contributed by atoms with Crippen molar-refractivity contribution >= 4 is 11.7 Å². The highest BCUT2D eigenvalue weighted by Gasteiger charge is 2.17. The van der Waals surface area contributed by atoms with Gasteiger partial charge < -0.3 is 10.2 Å². The minimum atomic E-state index is 0.145. The molecule has 1 fully saturated rings. The van der Waals surface area contributed by atoms with Crippen molar-refractivity contribution in [3.05, 3.63) is 18.6 Å². The molecule has 0 atom stereocenters. The van der Waals surface area contributed by atoms with Gasteiger partial charge in [0.15, 0.2) is 0 Å². The summed E-state index contributed by atoms with van der Waals surface area (Å²) in [6.45, 7) is 2.10. The van der Waals surface area contributed by atoms with Crippen molar-refractivity contribution in [3.8, 4) is 0 Å². The van der Waals surface area contributed by atoms with Gasteiger partial charge >= 0.3 is 0 Å². The third-order valence-electron chi connectivity index (χ3n) is 2.46. The van der Waals surface area contributed by atoms with Gasteiger partial charge in [-0.25, -0.2) is 9.97 Å². The molecule has 1 aliphatic heterocycles. The van der Waals surface area contributed by atoms with E-state index in [0.29, 0.717) is 12.4 Å². The predicted octanol–water partition coefficient (Wildman–Crippen LogP) is 0.511. The number of carbonyl (C=O) groups excluding carboxylic acids is 1. The molecule has 80 valence electrons. The van der Waals surface area contributed by atoms with Crippen LogP contribution in [0.25, 0.3) is 0 Å². The smallest absolute Gasteiger partial charge is 0.241 e. The Morgan fingerprint density at radius 3 is 2.93 bits per heavy atom. The average molecular weight is 206 g/mol. The molecule has 5 heteroatoms. The molecule has 1 N–H and O–H groups in total. The van der Waals surface area contributed by atoms with Crippen LogP contribution in [0.5, 0.6) is 0 Å². The van der Waals surface area contributed by atoms with E-state index in [0.717, 1.165) is 25.9 Å². The van der Waals surface area contributed by atoms with Crippen LogP contribution in [0.2, 0.25) is 0 Å². The first-order chi connectivity index (χ1) is 7.36. The monoisotopic (exact) mass is 206 g/mol. The fraction of sp³-hybridized carbons (Fsp3) is 0.500. The van der Waals surface area contributed by atoms with Gasteiger partial charge in [0.1, 0.15) is 12.1 Å². The molecule has 0 spiro atoms. The van der Waals surface area contributed by atoms with E-state index in [2.05, 4.69) is 15.3 Å². The molecule has 0 aliphatic carbocycles. The molecule has 1 amide bonds. The molecule has 0 unspecified atom stereocenters. The SMILES string of the molecule is O=C(CNc1ccncn1)N1CCCC1. The first-order valence-corrected chi connectivity index (χ1v) is 5.14. The van der Waals surface area contributed by atoms with Crippen molar-refractivity contribution in [2.75, 3.05) is 25.0 Å². The van der Waals surface area contributed by atoms with E-state index in [9.17, 15) is 4.79 Å². The number of aromatic nitrogens is 2. The molecule has 0 saturated carbocycles. The third kappa shape index (κ3) is 2.65. The molecule has 0 bridgehead atoms. The van der Waals surface area contributed by atoms with Gasteiger partial charge in [-0.15, -0.1) is 0 Å². The van der Waals surface area contributed by atoms with Crippen LogP contribution in [0.3, 0.4) is 0 Å². The van der Waals surface area contributed by atoms with Crippen LogP contribution >= 0.6 is 0 Å². The highest BCUT2D eigenvalue weighted by molar-refractivity contribution is 5.80. The number of rotatable bonds is 3. The highest BCUT2D eigenvalue weighted by Crippen LogP contribution is 2.07. The molecule has 1 saturated heterocycles. The maximum Gasteiger partial charge on any atom is 0.241 e. The Morgan fingerprint density at radius 2 is 2.27 bits per heavy atom. The van der Waals surface area contributed by atoms with Gasteiger partial charge in [0.2, 0.25) is 5.91 Å². The van der Waals surface area contributed by atoms with Gasteiger partial charge in [-0.2, -0.15) is 0 Å². The fourth-order valence-electron chi connectivity index (χ4n) is 1.64. The Balaban J connectivity index is 1.80. The minimum absolute atomic E-state index is 0.145. The van der Waals surface area contributed by atoms with Gasteiger partial charge in [0.05, 0.1) is 6.54 Å². The molecule has 15 heavy (non-hydrogen) atoms. The van der Waals surface area contributed by atoms with Gasteiger partial charge in [-0.05, 0) is 18.9 Å². The summed E-state index contributed by atoms with van der Waals surface area (Å²) in [5.74, 6) is 0.837. The van der Waals surface area contributed by atoms with Gasteiger partial charge in [0, 0.05) is 19.3 Å². The van der Waals surface area contributed by atoms with Crippen molar-refractivity contribution in [2.24, 2.45) is 0 Å². The van der Waals surface area contributed by atoms with Crippen molar-refractivity contribution in [3.63, 3.8) is 0 Å². The quantitative estimate of drug-likeness (QED) is 0.783. The van der Waals surface area contributed by atoms with Crippen LogP contribution in [-0.4, -0.2) is 40.4 Å². The Hall–Kier alpha value is -1.65. The summed E-state index contributed by atoms with van der Waals surface area (Å²) < 4.78 is 0. The Labute approximate surface area is 88.5 Å². The van der Waals surface area contributed by atoms with Crippen molar-refractivity contribution in [2.45, 2.75) is 12.8 Å². The fourth-order valence-corrected chi connectivity index (χ4v) is 1.64. The van der Waals surface area contributed by atoms with E-state index in [-0.39, 0.29) is 5.91 Å². The summed E-state index contributed by atoms with van der Waals surface area (Å²) in [5.41, 5.74) is 0. The maximum atomic E-state index is 11.6. The second-order valence-corrected chi connectivity index (χ2v) is 3.54. The number of nitrogens with one attached hydrogen (secondary N) is 1. The lowest BCUT2D eigenvalue weighted by molar-refractivity contribution is -0.128. The van der Waals surface area contributed by atoms with E-state index >= 15 is 0 Å². The summed E-state index contributed by atoms with van der Waals surface area (Å²) in [5, 5.41) is 2.98. The predicted molar refractivity (Wildman–Crippen MR) is 56.3 cm³/mol. The Kier molecular flexibility index (Phi) is 3.11.